The van der Waals surface area contributed by atoms with Crippen LogP contribution >= 0.6 is 0 Å². The fourth-order valence-corrected chi connectivity index (χ4v) is 2.85. The molecule has 2 aromatic rings. The number of nitrogens with zero attached hydrogens (tertiary/aromatic N) is 6. The molecule has 2 aromatic heterocycles. The van der Waals surface area contributed by atoms with Crippen molar-refractivity contribution in [2.45, 2.75) is 6.54 Å². The van der Waals surface area contributed by atoms with Crippen molar-refractivity contribution in [3.63, 3.8) is 0 Å². The molecule has 1 aliphatic heterocycles. The topological polar surface area (TPSA) is 77.5 Å². The second-order valence-corrected chi connectivity index (χ2v) is 6.08. The Morgan fingerprint density at radius 2 is 1.96 bits per heavy atom. The highest BCUT2D eigenvalue weighted by Crippen LogP contribution is 2.15. The van der Waals surface area contributed by atoms with Crippen LogP contribution in [0.3, 0.4) is 0 Å². The number of piperazine rings is 1. The van der Waals surface area contributed by atoms with Crippen LogP contribution in [0.15, 0.2) is 36.9 Å². The lowest BCUT2D eigenvalue weighted by Gasteiger charge is -2.35. The van der Waals surface area contributed by atoms with Crippen LogP contribution in [0.4, 0.5) is 16.4 Å². The van der Waals surface area contributed by atoms with Crippen LogP contribution in [0, 0.1) is 0 Å². The number of nitrogens with one attached hydrogen (secondary N) is 1. The molecule has 8 heteroatoms. The summed E-state index contributed by atoms with van der Waals surface area (Å²) in [6, 6.07) is 3.82. The number of rotatable bonds is 4. The molecule has 1 fully saturated rings. The van der Waals surface area contributed by atoms with Gasteiger partial charge in [0.1, 0.15) is 11.6 Å². The van der Waals surface area contributed by atoms with Crippen LogP contribution in [-0.4, -0.2) is 66.2 Å². The van der Waals surface area contributed by atoms with E-state index in [2.05, 4.69) is 25.2 Å². The Bertz CT molecular complexity index is 699. The summed E-state index contributed by atoms with van der Waals surface area (Å²) < 4.78 is 0. The van der Waals surface area contributed by atoms with E-state index in [-0.39, 0.29) is 6.03 Å². The summed E-state index contributed by atoms with van der Waals surface area (Å²) in [6.45, 7) is 3.29. The Morgan fingerprint density at radius 3 is 2.64 bits per heavy atom. The Balaban J connectivity index is 1.52. The monoisotopic (exact) mass is 341 g/mol. The van der Waals surface area contributed by atoms with Gasteiger partial charge in [-0.05, 0) is 6.07 Å². The van der Waals surface area contributed by atoms with Crippen LogP contribution in [0.5, 0.6) is 0 Å². The molecule has 132 valence electrons. The van der Waals surface area contributed by atoms with Crippen molar-refractivity contribution in [3.8, 4) is 0 Å². The lowest BCUT2D eigenvalue weighted by atomic mass is 10.2. The van der Waals surface area contributed by atoms with E-state index in [1.54, 1.807) is 24.8 Å². The summed E-state index contributed by atoms with van der Waals surface area (Å²) in [5, 5.41) is 2.99. The van der Waals surface area contributed by atoms with Gasteiger partial charge in [0.2, 0.25) is 0 Å². The molecule has 3 rings (SSSR count). The fraction of sp³-hybridized carbons (Fsp3) is 0.412. The molecule has 0 bridgehead atoms. The number of hydrogen-bond donors (Lipinski definition) is 1. The second kappa shape index (κ2) is 7.78. The highest BCUT2D eigenvalue weighted by atomic mass is 16.2. The molecule has 0 saturated carbocycles. The molecular weight excluding hydrogens is 318 g/mol. The number of aromatic nitrogens is 3. The Morgan fingerprint density at radius 1 is 1.16 bits per heavy atom. The predicted molar refractivity (Wildman–Crippen MR) is 96.6 cm³/mol. The molecule has 0 unspecified atom stereocenters. The molecule has 2 amide bonds. The number of carbonyl (C=O) groups excluding carboxylic acids is 1. The number of urea groups is 1. The largest absolute Gasteiger partial charge is 0.362 e. The van der Waals surface area contributed by atoms with Crippen LogP contribution < -0.4 is 15.1 Å². The first-order chi connectivity index (χ1) is 12.1. The van der Waals surface area contributed by atoms with Crippen molar-refractivity contribution in [2.24, 2.45) is 0 Å². The van der Waals surface area contributed by atoms with E-state index < -0.39 is 0 Å². The lowest BCUT2D eigenvalue weighted by Crippen LogP contribution is -2.52. The molecule has 0 aliphatic carbocycles. The first kappa shape index (κ1) is 16.9. The smallest absolute Gasteiger partial charge is 0.317 e. The SMILES string of the molecule is CN(C)c1ncccc1CNC(=O)N1CCN(c2cnccn2)CC1. The third-order valence-electron chi connectivity index (χ3n) is 4.16. The van der Waals surface area contributed by atoms with E-state index in [9.17, 15) is 4.79 Å². The average molecular weight is 341 g/mol. The molecule has 0 aromatic carbocycles. The van der Waals surface area contributed by atoms with E-state index in [1.165, 1.54) is 0 Å². The summed E-state index contributed by atoms with van der Waals surface area (Å²) >= 11 is 0. The van der Waals surface area contributed by atoms with E-state index in [0.29, 0.717) is 19.6 Å². The number of hydrogen-bond acceptors (Lipinski definition) is 6. The van der Waals surface area contributed by atoms with Crippen molar-refractivity contribution >= 4 is 17.7 Å². The Labute approximate surface area is 147 Å². The molecule has 0 radical (unpaired) electrons. The van der Waals surface area contributed by atoms with Gasteiger partial charge in [0.25, 0.3) is 0 Å². The van der Waals surface area contributed by atoms with Crippen LogP contribution in [0.25, 0.3) is 0 Å². The summed E-state index contributed by atoms with van der Waals surface area (Å²) in [5.74, 6) is 1.73. The number of carbonyl (C=O) groups is 1. The summed E-state index contributed by atoms with van der Waals surface area (Å²) in [7, 11) is 3.89. The van der Waals surface area contributed by atoms with Crippen molar-refractivity contribution < 1.29 is 4.79 Å². The minimum atomic E-state index is -0.0487. The first-order valence-corrected chi connectivity index (χ1v) is 8.30. The van der Waals surface area contributed by atoms with Crippen molar-refractivity contribution in [1.82, 2.24) is 25.2 Å². The number of amides is 2. The van der Waals surface area contributed by atoms with E-state index in [4.69, 9.17) is 0 Å². The number of anilines is 2. The van der Waals surface area contributed by atoms with Crippen molar-refractivity contribution in [3.05, 3.63) is 42.5 Å². The minimum Gasteiger partial charge on any atom is -0.362 e. The highest BCUT2D eigenvalue weighted by Gasteiger charge is 2.22. The quantitative estimate of drug-likeness (QED) is 0.893. The summed E-state index contributed by atoms with van der Waals surface area (Å²) in [4.78, 5) is 31.1. The molecule has 1 saturated heterocycles. The lowest BCUT2D eigenvalue weighted by molar-refractivity contribution is 0.194. The van der Waals surface area contributed by atoms with E-state index >= 15 is 0 Å². The second-order valence-electron chi connectivity index (χ2n) is 6.08. The third kappa shape index (κ3) is 4.14. The Kier molecular flexibility index (Phi) is 5.27. The molecule has 1 N–H and O–H groups in total. The van der Waals surface area contributed by atoms with Gasteiger partial charge in [-0.3, -0.25) is 4.98 Å². The van der Waals surface area contributed by atoms with Gasteiger partial charge in [0.15, 0.2) is 0 Å². The first-order valence-electron chi connectivity index (χ1n) is 8.30. The maximum Gasteiger partial charge on any atom is 0.317 e. The molecule has 1 aliphatic rings. The summed E-state index contributed by atoms with van der Waals surface area (Å²) in [6.07, 6.45) is 6.85. The van der Waals surface area contributed by atoms with Gasteiger partial charge < -0.3 is 20.0 Å². The van der Waals surface area contributed by atoms with Gasteiger partial charge in [-0.25, -0.2) is 14.8 Å². The molecule has 0 spiro atoms. The Hall–Kier alpha value is -2.90. The minimum absolute atomic E-state index is 0.0487. The third-order valence-corrected chi connectivity index (χ3v) is 4.16. The van der Waals surface area contributed by atoms with Gasteiger partial charge >= 0.3 is 6.03 Å². The standard InChI is InChI=1S/C17H23N7O/c1-22(2)16-14(4-3-5-20-16)12-21-17(25)24-10-8-23(9-11-24)15-13-18-6-7-19-15/h3-7,13H,8-12H2,1-2H3,(H,21,25). The molecule has 3 heterocycles. The molecule has 25 heavy (non-hydrogen) atoms. The van der Waals surface area contributed by atoms with E-state index in [0.717, 1.165) is 30.3 Å². The molecular formula is C17H23N7O. The van der Waals surface area contributed by atoms with Crippen LogP contribution in [-0.2, 0) is 6.54 Å². The molecule has 8 nitrogen and oxygen atoms in total. The fourth-order valence-electron chi connectivity index (χ4n) is 2.85. The maximum absolute atomic E-state index is 12.4. The van der Waals surface area contributed by atoms with Gasteiger partial charge in [-0.15, -0.1) is 0 Å². The zero-order valence-corrected chi connectivity index (χ0v) is 14.6. The molecule has 0 atom stereocenters. The average Bonchev–Trinajstić information content (AvgIpc) is 2.67. The van der Waals surface area contributed by atoms with Crippen molar-refractivity contribution in [1.29, 1.82) is 0 Å². The van der Waals surface area contributed by atoms with E-state index in [1.807, 2.05) is 36.0 Å². The van der Waals surface area contributed by atoms with Gasteiger partial charge in [-0.2, -0.15) is 0 Å². The zero-order chi connectivity index (χ0) is 17.6. The summed E-state index contributed by atoms with van der Waals surface area (Å²) in [5.41, 5.74) is 0.999. The van der Waals surface area contributed by atoms with Crippen molar-refractivity contribution in [2.75, 3.05) is 50.1 Å². The van der Waals surface area contributed by atoms with Crippen LogP contribution in [0.2, 0.25) is 0 Å². The maximum atomic E-state index is 12.4. The highest BCUT2D eigenvalue weighted by molar-refractivity contribution is 5.74. The zero-order valence-electron chi connectivity index (χ0n) is 14.6. The van der Waals surface area contributed by atoms with Crippen LogP contribution in [0.1, 0.15) is 5.56 Å². The van der Waals surface area contributed by atoms with Gasteiger partial charge in [0, 0.05) is 71.0 Å². The normalized spacial score (nSPS) is 14.3. The number of pyridine rings is 1. The predicted octanol–water partition coefficient (Wildman–Crippen LogP) is 0.969. The van der Waals surface area contributed by atoms with Gasteiger partial charge in [-0.1, -0.05) is 6.07 Å². The van der Waals surface area contributed by atoms with Gasteiger partial charge in [0.05, 0.1) is 6.20 Å².